The van der Waals surface area contributed by atoms with Crippen molar-refractivity contribution in [3.63, 3.8) is 0 Å². The number of rotatable bonds is 1. The molecule has 4 aromatic rings. The van der Waals surface area contributed by atoms with Crippen molar-refractivity contribution in [2.45, 2.75) is 0 Å². The summed E-state index contributed by atoms with van der Waals surface area (Å²) in [4.78, 5) is 8.08. The van der Waals surface area contributed by atoms with E-state index < -0.39 is 0 Å². The summed E-state index contributed by atoms with van der Waals surface area (Å²) in [6.45, 7) is 0. The van der Waals surface area contributed by atoms with Gasteiger partial charge in [0, 0.05) is 28.2 Å². The first-order valence-corrected chi connectivity index (χ1v) is 6.55. The zero-order chi connectivity index (χ0) is 13.5. The Hall–Kier alpha value is -2.81. The molecule has 20 heavy (non-hydrogen) atoms. The van der Waals surface area contributed by atoms with Crippen LogP contribution in [0, 0.1) is 0 Å². The Labute approximate surface area is 116 Å². The van der Waals surface area contributed by atoms with E-state index in [4.69, 9.17) is 10.7 Å². The first-order valence-electron chi connectivity index (χ1n) is 6.55. The Balaban J connectivity index is 2.17. The molecule has 3 N–H and O–H groups in total. The van der Waals surface area contributed by atoms with Crippen molar-refractivity contribution < 1.29 is 0 Å². The summed E-state index contributed by atoms with van der Waals surface area (Å²) in [6.07, 6.45) is 1.95. The minimum atomic E-state index is 0.742. The molecule has 0 spiro atoms. The number of hydrogen-bond acceptors (Lipinski definition) is 2. The molecule has 0 aliphatic heterocycles. The molecule has 2 aromatic carbocycles. The highest BCUT2D eigenvalue weighted by Crippen LogP contribution is 2.33. The molecule has 4 rings (SSSR count). The van der Waals surface area contributed by atoms with Gasteiger partial charge in [0.2, 0.25) is 0 Å². The molecule has 2 heterocycles. The summed E-state index contributed by atoms with van der Waals surface area (Å²) in [5.74, 6) is 0. The Morgan fingerprint density at radius 2 is 1.65 bits per heavy atom. The molecule has 0 aliphatic rings. The number of nitrogens with two attached hydrogens (primary N) is 1. The first-order chi connectivity index (χ1) is 9.84. The summed E-state index contributed by atoms with van der Waals surface area (Å²) in [6, 6.07) is 18.1. The van der Waals surface area contributed by atoms with Crippen LogP contribution in [-0.4, -0.2) is 9.97 Å². The molecule has 0 saturated carbocycles. The van der Waals surface area contributed by atoms with Gasteiger partial charge in [0.15, 0.2) is 0 Å². The molecule has 0 radical (unpaired) electrons. The quantitative estimate of drug-likeness (QED) is 0.508. The van der Waals surface area contributed by atoms with Gasteiger partial charge in [-0.2, -0.15) is 0 Å². The fourth-order valence-electron chi connectivity index (χ4n) is 2.67. The number of anilines is 1. The number of pyridine rings is 1. The highest BCUT2D eigenvalue weighted by atomic mass is 14.8. The number of aromatic nitrogens is 2. The number of nitrogen functional groups attached to an aromatic ring is 1. The molecule has 0 amide bonds. The van der Waals surface area contributed by atoms with Crippen LogP contribution in [0.4, 0.5) is 5.69 Å². The van der Waals surface area contributed by atoms with Crippen molar-refractivity contribution >= 4 is 27.5 Å². The van der Waals surface area contributed by atoms with Crippen LogP contribution < -0.4 is 5.73 Å². The van der Waals surface area contributed by atoms with Gasteiger partial charge in [0.1, 0.15) is 0 Å². The topological polar surface area (TPSA) is 54.7 Å². The van der Waals surface area contributed by atoms with E-state index in [9.17, 15) is 0 Å². The van der Waals surface area contributed by atoms with Gasteiger partial charge in [-0.1, -0.05) is 36.4 Å². The van der Waals surface area contributed by atoms with Gasteiger partial charge < -0.3 is 10.7 Å². The van der Waals surface area contributed by atoms with E-state index in [2.05, 4.69) is 17.1 Å². The van der Waals surface area contributed by atoms with E-state index in [-0.39, 0.29) is 0 Å². The van der Waals surface area contributed by atoms with E-state index in [0.717, 1.165) is 33.4 Å². The molecule has 0 bridgehead atoms. The van der Waals surface area contributed by atoms with Crippen LogP contribution in [0.15, 0.2) is 60.8 Å². The lowest BCUT2D eigenvalue weighted by Crippen LogP contribution is -1.93. The molecule has 0 saturated heterocycles. The van der Waals surface area contributed by atoms with Crippen LogP contribution in [0.2, 0.25) is 0 Å². The predicted octanol–water partition coefficient (Wildman–Crippen LogP) is 3.97. The van der Waals surface area contributed by atoms with Gasteiger partial charge in [-0.15, -0.1) is 0 Å². The van der Waals surface area contributed by atoms with Crippen molar-refractivity contribution in [3.05, 3.63) is 60.8 Å². The number of para-hydroxylation sites is 2. The largest absolute Gasteiger partial charge is 0.398 e. The van der Waals surface area contributed by atoms with Crippen LogP contribution in [0.5, 0.6) is 0 Å². The molecule has 2 aromatic heterocycles. The molecule has 3 nitrogen and oxygen atoms in total. The number of aromatic amines is 1. The third-order valence-corrected chi connectivity index (χ3v) is 3.63. The van der Waals surface area contributed by atoms with Crippen LogP contribution in [-0.2, 0) is 0 Å². The zero-order valence-electron chi connectivity index (χ0n) is 10.8. The number of hydrogen-bond donors (Lipinski definition) is 2. The van der Waals surface area contributed by atoms with Crippen LogP contribution in [0.25, 0.3) is 33.1 Å². The normalized spacial score (nSPS) is 11.2. The minimum Gasteiger partial charge on any atom is -0.398 e. The second-order valence-corrected chi connectivity index (χ2v) is 4.83. The maximum Gasteiger partial charge on any atom is 0.0971 e. The van der Waals surface area contributed by atoms with Crippen LogP contribution >= 0.6 is 0 Å². The Kier molecular flexibility index (Phi) is 2.27. The standard InChI is InChI=1S/C17H13N3/c18-14-7-3-1-6-13(14)17-16-12(9-10-19-16)11-5-2-4-8-15(11)20-17/h1-10,19H,18H2. The summed E-state index contributed by atoms with van der Waals surface area (Å²) in [7, 11) is 0. The Morgan fingerprint density at radius 1 is 0.850 bits per heavy atom. The Bertz CT molecular complexity index is 922. The number of nitrogens with zero attached hydrogens (tertiary/aromatic N) is 1. The summed E-state index contributed by atoms with van der Waals surface area (Å²) >= 11 is 0. The molecule has 3 heteroatoms. The van der Waals surface area contributed by atoms with E-state index in [1.807, 2.05) is 48.7 Å². The lowest BCUT2D eigenvalue weighted by atomic mass is 10.0. The van der Waals surface area contributed by atoms with Gasteiger partial charge in [0.25, 0.3) is 0 Å². The third kappa shape index (κ3) is 1.50. The molecule has 0 aliphatic carbocycles. The van der Waals surface area contributed by atoms with Gasteiger partial charge in [-0.25, -0.2) is 4.98 Å². The zero-order valence-corrected chi connectivity index (χ0v) is 10.8. The van der Waals surface area contributed by atoms with Crippen molar-refractivity contribution in [2.75, 3.05) is 5.73 Å². The summed E-state index contributed by atoms with van der Waals surface area (Å²) in [5.41, 5.74) is 10.7. The number of H-pyrrole nitrogens is 1. The molecular weight excluding hydrogens is 246 g/mol. The fraction of sp³-hybridized carbons (Fsp3) is 0. The van der Waals surface area contributed by atoms with Gasteiger partial charge >= 0.3 is 0 Å². The van der Waals surface area contributed by atoms with E-state index >= 15 is 0 Å². The number of benzene rings is 2. The molecule has 96 valence electrons. The lowest BCUT2D eigenvalue weighted by molar-refractivity contribution is 1.39. The first kappa shape index (κ1) is 11.1. The average Bonchev–Trinajstić information content (AvgIpc) is 2.97. The van der Waals surface area contributed by atoms with Gasteiger partial charge in [-0.3, -0.25) is 0 Å². The van der Waals surface area contributed by atoms with E-state index in [0.29, 0.717) is 0 Å². The van der Waals surface area contributed by atoms with Crippen molar-refractivity contribution in [1.29, 1.82) is 0 Å². The van der Waals surface area contributed by atoms with Crippen molar-refractivity contribution in [1.82, 2.24) is 9.97 Å². The van der Waals surface area contributed by atoms with Gasteiger partial charge in [-0.05, 0) is 18.2 Å². The Morgan fingerprint density at radius 3 is 2.55 bits per heavy atom. The van der Waals surface area contributed by atoms with Crippen LogP contribution in [0.1, 0.15) is 0 Å². The average molecular weight is 259 g/mol. The predicted molar refractivity (Wildman–Crippen MR) is 83.4 cm³/mol. The number of nitrogens with one attached hydrogen (secondary N) is 1. The second kappa shape index (κ2) is 4.10. The second-order valence-electron chi connectivity index (χ2n) is 4.83. The summed E-state index contributed by atoms with van der Waals surface area (Å²) < 4.78 is 0. The molecule has 0 fully saturated rings. The molecule has 0 unspecified atom stereocenters. The third-order valence-electron chi connectivity index (χ3n) is 3.63. The SMILES string of the molecule is Nc1ccccc1-c1nc2ccccc2c2cc[nH]c12. The van der Waals surface area contributed by atoms with Crippen molar-refractivity contribution in [2.24, 2.45) is 0 Å². The maximum absolute atomic E-state index is 6.10. The van der Waals surface area contributed by atoms with Crippen LogP contribution in [0.3, 0.4) is 0 Å². The monoisotopic (exact) mass is 259 g/mol. The van der Waals surface area contributed by atoms with E-state index in [1.165, 1.54) is 5.39 Å². The van der Waals surface area contributed by atoms with Gasteiger partial charge in [0.05, 0.1) is 16.7 Å². The highest BCUT2D eigenvalue weighted by Gasteiger charge is 2.12. The number of fused-ring (bicyclic) bond motifs is 3. The van der Waals surface area contributed by atoms with Crippen molar-refractivity contribution in [3.8, 4) is 11.3 Å². The summed E-state index contributed by atoms with van der Waals surface area (Å²) in [5, 5.41) is 2.33. The smallest absolute Gasteiger partial charge is 0.0971 e. The molecular formula is C17H13N3. The minimum absolute atomic E-state index is 0.742. The lowest BCUT2D eigenvalue weighted by Gasteiger charge is -2.08. The molecule has 0 atom stereocenters. The maximum atomic E-state index is 6.10. The highest BCUT2D eigenvalue weighted by molar-refractivity contribution is 6.10. The fourth-order valence-corrected chi connectivity index (χ4v) is 2.67. The van der Waals surface area contributed by atoms with E-state index in [1.54, 1.807) is 0 Å².